The molecule has 242 valence electrons. The summed E-state index contributed by atoms with van der Waals surface area (Å²) in [5, 5.41) is 0. The van der Waals surface area contributed by atoms with Crippen LogP contribution in [0.25, 0.3) is 0 Å². The fourth-order valence-corrected chi connectivity index (χ4v) is 6.94. The predicted molar refractivity (Wildman–Crippen MR) is 187 cm³/mol. The zero-order chi connectivity index (χ0) is 29.5. The topological polar surface area (TPSA) is 0 Å². The highest BCUT2D eigenvalue weighted by Gasteiger charge is 2.20. The van der Waals surface area contributed by atoms with Crippen molar-refractivity contribution in [3.8, 4) is 0 Å². The Kier molecular flexibility index (Phi) is 31.9. The van der Waals surface area contributed by atoms with Crippen LogP contribution in [0.4, 0.5) is 0 Å². The van der Waals surface area contributed by atoms with Gasteiger partial charge in [0, 0.05) is 0 Å². The predicted octanol–water partition coefficient (Wildman–Crippen LogP) is 15.3. The molecule has 0 bridgehead atoms. The summed E-state index contributed by atoms with van der Waals surface area (Å²) in [5.41, 5.74) is 0. The van der Waals surface area contributed by atoms with Crippen molar-refractivity contribution in [2.24, 2.45) is 23.7 Å². The van der Waals surface area contributed by atoms with Crippen LogP contribution < -0.4 is 0 Å². The summed E-state index contributed by atoms with van der Waals surface area (Å²) >= 11 is 0. The van der Waals surface area contributed by atoms with Gasteiger partial charge in [0.2, 0.25) is 0 Å². The monoisotopic (exact) mass is 563 g/mol. The molecule has 0 heteroatoms. The summed E-state index contributed by atoms with van der Waals surface area (Å²) in [6.45, 7) is 14.2. The largest absolute Gasteiger partial charge is 0.0654 e. The Bertz CT molecular complexity index is 407. The Balaban J connectivity index is 4.76. The van der Waals surface area contributed by atoms with Crippen LogP contribution in [0.1, 0.15) is 234 Å². The minimum Gasteiger partial charge on any atom is -0.0654 e. The van der Waals surface area contributed by atoms with Gasteiger partial charge in [-0.15, -0.1) is 0 Å². The van der Waals surface area contributed by atoms with Gasteiger partial charge in [-0.05, 0) is 23.7 Å². The molecule has 0 rings (SSSR count). The van der Waals surface area contributed by atoms with Gasteiger partial charge in [-0.25, -0.2) is 0 Å². The van der Waals surface area contributed by atoms with Crippen molar-refractivity contribution in [2.75, 3.05) is 0 Å². The second-order valence-corrected chi connectivity index (χ2v) is 14.8. The van der Waals surface area contributed by atoms with E-state index in [0.29, 0.717) is 0 Å². The summed E-state index contributed by atoms with van der Waals surface area (Å²) in [6, 6.07) is 0. The SMILES string of the molecule is CCCCCCCCCC(CCCCCCCC(C)C)C(CCCCCCCCC)CCCCCCCC(C)C. The highest BCUT2D eigenvalue weighted by Crippen LogP contribution is 2.34. The molecule has 0 fully saturated rings. The van der Waals surface area contributed by atoms with Gasteiger partial charge in [-0.1, -0.05) is 234 Å². The molecule has 0 aromatic rings. The number of hydrogen-bond acceptors (Lipinski definition) is 0. The molecular weight excluding hydrogens is 480 g/mol. The summed E-state index contributed by atoms with van der Waals surface area (Å²) in [6.07, 6.45) is 44.3. The van der Waals surface area contributed by atoms with Crippen LogP contribution in [0.2, 0.25) is 0 Å². The number of hydrogen-bond donors (Lipinski definition) is 0. The van der Waals surface area contributed by atoms with Gasteiger partial charge in [-0.2, -0.15) is 0 Å². The van der Waals surface area contributed by atoms with Gasteiger partial charge >= 0.3 is 0 Å². The van der Waals surface area contributed by atoms with E-state index >= 15 is 0 Å². The molecule has 2 atom stereocenters. The molecule has 2 unspecified atom stereocenters. The molecular formula is C40H82. The van der Waals surface area contributed by atoms with E-state index in [2.05, 4.69) is 41.5 Å². The van der Waals surface area contributed by atoms with Crippen LogP contribution in [-0.2, 0) is 0 Å². The van der Waals surface area contributed by atoms with Crippen LogP contribution in [0.5, 0.6) is 0 Å². The maximum Gasteiger partial charge on any atom is -0.0386 e. The Morgan fingerprint density at radius 2 is 0.450 bits per heavy atom. The van der Waals surface area contributed by atoms with Crippen LogP contribution in [-0.4, -0.2) is 0 Å². The van der Waals surface area contributed by atoms with Crippen molar-refractivity contribution in [2.45, 2.75) is 234 Å². The van der Waals surface area contributed by atoms with E-state index in [1.807, 2.05) is 0 Å². The average Bonchev–Trinajstić information content (AvgIpc) is 2.92. The maximum atomic E-state index is 2.38. The summed E-state index contributed by atoms with van der Waals surface area (Å²) in [5.74, 6) is 3.81. The lowest BCUT2D eigenvalue weighted by Crippen LogP contribution is -2.16. The third-order valence-corrected chi connectivity index (χ3v) is 9.74. The van der Waals surface area contributed by atoms with Crippen LogP contribution >= 0.6 is 0 Å². The smallest absolute Gasteiger partial charge is 0.0386 e. The first-order valence-electron chi connectivity index (χ1n) is 19.5. The zero-order valence-electron chi connectivity index (χ0n) is 29.5. The van der Waals surface area contributed by atoms with Crippen molar-refractivity contribution in [1.29, 1.82) is 0 Å². The minimum absolute atomic E-state index is 0.883. The van der Waals surface area contributed by atoms with Crippen molar-refractivity contribution in [3.05, 3.63) is 0 Å². The molecule has 0 aliphatic heterocycles. The molecule has 0 spiro atoms. The van der Waals surface area contributed by atoms with E-state index in [-0.39, 0.29) is 0 Å². The first kappa shape index (κ1) is 40.0. The molecule has 0 radical (unpaired) electrons. The third kappa shape index (κ3) is 29.5. The standard InChI is InChI=1S/C40H82/c1-7-9-11-13-15-21-27-33-39(35-29-23-17-19-25-31-37(3)4)40(34-28-22-16-14-12-10-8-2)36-30-24-18-20-26-32-38(5)6/h37-40H,7-36H2,1-6H3. The molecule has 0 saturated heterocycles. The maximum absolute atomic E-state index is 2.38. The van der Waals surface area contributed by atoms with E-state index in [9.17, 15) is 0 Å². The van der Waals surface area contributed by atoms with Gasteiger partial charge in [-0.3, -0.25) is 0 Å². The average molecular weight is 563 g/mol. The van der Waals surface area contributed by atoms with Crippen molar-refractivity contribution >= 4 is 0 Å². The lowest BCUT2D eigenvalue weighted by Gasteiger charge is -2.28. The summed E-state index contributed by atoms with van der Waals surface area (Å²) in [7, 11) is 0. The summed E-state index contributed by atoms with van der Waals surface area (Å²) in [4.78, 5) is 0. The number of rotatable bonds is 33. The highest BCUT2D eigenvalue weighted by molar-refractivity contribution is 4.72. The molecule has 0 N–H and O–H groups in total. The Morgan fingerprint density at radius 3 is 0.675 bits per heavy atom. The lowest BCUT2D eigenvalue weighted by molar-refractivity contribution is 0.236. The van der Waals surface area contributed by atoms with Crippen molar-refractivity contribution < 1.29 is 0 Å². The van der Waals surface area contributed by atoms with Crippen molar-refractivity contribution in [3.63, 3.8) is 0 Å². The molecule has 0 saturated carbocycles. The van der Waals surface area contributed by atoms with Gasteiger partial charge < -0.3 is 0 Å². The normalized spacial score (nSPS) is 13.5. The Hall–Kier alpha value is 0. The third-order valence-electron chi connectivity index (χ3n) is 9.74. The van der Waals surface area contributed by atoms with Gasteiger partial charge in [0.05, 0.1) is 0 Å². The van der Waals surface area contributed by atoms with E-state index in [1.165, 1.54) is 193 Å². The Morgan fingerprint density at radius 1 is 0.250 bits per heavy atom. The molecule has 0 aromatic carbocycles. The molecule has 0 nitrogen and oxygen atoms in total. The van der Waals surface area contributed by atoms with Gasteiger partial charge in [0.1, 0.15) is 0 Å². The second kappa shape index (κ2) is 31.9. The zero-order valence-corrected chi connectivity index (χ0v) is 29.5. The molecule has 40 heavy (non-hydrogen) atoms. The van der Waals surface area contributed by atoms with Crippen LogP contribution in [0, 0.1) is 23.7 Å². The molecule has 0 aliphatic rings. The van der Waals surface area contributed by atoms with Gasteiger partial charge in [0.15, 0.2) is 0 Å². The van der Waals surface area contributed by atoms with Crippen LogP contribution in [0.3, 0.4) is 0 Å². The fourth-order valence-electron chi connectivity index (χ4n) is 6.94. The van der Waals surface area contributed by atoms with E-state index in [1.54, 1.807) is 0 Å². The number of unbranched alkanes of at least 4 members (excludes halogenated alkanes) is 20. The van der Waals surface area contributed by atoms with E-state index in [0.717, 1.165) is 23.7 Å². The first-order chi connectivity index (χ1) is 19.5. The van der Waals surface area contributed by atoms with E-state index < -0.39 is 0 Å². The molecule has 0 amide bonds. The quantitative estimate of drug-likeness (QED) is 0.0698. The molecule has 0 aliphatic carbocycles. The van der Waals surface area contributed by atoms with E-state index in [4.69, 9.17) is 0 Å². The first-order valence-corrected chi connectivity index (χ1v) is 19.5. The second-order valence-electron chi connectivity index (χ2n) is 14.8. The lowest BCUT2D eigenvalue weighted by atomic mass is 9.78. The minimum atomic E-state index is 0.883. The molecule has 0 heterocycles. The van der Waals surface area contributed by atoms with Crippen LogP contribution in [0.15, 0.2) is 0 Å². The van der Waals surface area contributed by atoms with Gasteiger partial charge in [0.25, 0.3) is 0 Å². The van der Waals surface area contributed by atoms with Crippen molar-refractivity contribution in [1.82, 2.24) is 0 Å². The molecule has 0 aromatic heterocycles. The Labute approximate surface area is 257 Å². The summed E-state index contributed by atoms with van der Waals surface area (Å²) < 4.78 is 0. The highest BCUT2D eigenvalue weighted by atomic mass is 14.3. The fraction of sp³-hybridized carbons (Fsp3) is 1.00.